The van der Waals surface area contributed by atoms with Gasteiger partial charge in [-0.05, 0) is 0 Å². The predicted octanol–water partition coefficient (Wildman–Crippen LogP) is -7.07. The smallest absolute Gasteiger partial charge is 0.748 e. The molecule has 16 heavy (non-hydrogen) atoms. The second-order valence-electron chi connectivity index (χ2n) is 1.97. The quantitative estimate of drug-likeness (QED) is 0.301. The van der Waals surface area contributed by atoms with E-state index in [0.717, 1.165) is 0 Å². The summed E-state index contributed by atoms with van der Waals surface area (Å²) in [5, 5.41) is 0. The van der Waals surface area contributed by atoms with Crippen LogP contribution < -0.4 is 59.1 Å². The molecule has 0 unspecified atom stereocenters. The van der Waals surface area contributed by atoms with Gasteiger partial charge in [-0.25, -0.2) is 16.8 Å². The number of hydrogen-bond donors (Lipinski definition) is 2. The van der Waals surface area contributed by atoms with Gasteiger partial charge < -0.3 is 9.11 Å². The zero-order valence-corrected chi connectivity index (χ0v) is 16.4. The standard InChI is InChI=1S/2C2H6O3S2.2Na/c2*3-7(4,5)2-1-6;;/h2*6H,1-2H2,(H,3,4,5);;/q;;2*+1/p-2. The average molecular weight is 328 g/mol. The Kier molecular flexibility index (Phi) is 23.5. The summed E-state index contributed by atoms with van der Waals surface area (Å²) in [5.41, 5.74) is 0. The molecule has 0 aliphatic rings. The van der Waals surface area contributed by atoms with Gasteiger partial charge in [-0.2, -0.15) is 25.3 Å². The summed E-state index contributed by atoms with van der Waals surface area (Å²) in [4.78, 5) is 0. The van der Waals surface area contributed by atoms with Crippen molar-refractivity contribution in [1.82, 2.24) is 0 Å². The van der Waals surface area contributed by atoms with Crippen molar-refractivity contribution in [2.24, 2.45) is 0 Å². The Labute approximate surface area is 151 Å². The molecule has 12 heteroatoms. The molecule has 0 saturated heterocycles. The van der Waals surface area contributed by atoms with Crippen LogP contribution in [0, 0.1) is 0 Å². The predicted molar refractivity (Wildman–Crippen MR) is 56.8 cm³/mol. The first kappa shape index (κ1) is 27.0. The van der Waals surface area contributed by atoms with Crippen molar-refractivity contribution in [3.05, 3.63) is 0 Å². The summed E-state index contributed by atoms with van der Waals surface area (Å²) < 4.78 is 57.8. The Morgan fingerprint density at radius 1 is 0.750 bits per heavy atom. The van der Waals surface area contributed by atoms with Crippen LogP contribution in [0.15, 0.2) is 0 Å². The molecule has 0 aromatic heterocycles. The van der Waals surface area contributed by atoms with Crippen LogP contribution in [0.2, 0.25) is 0 Å². The minimum absolute atomic E-state index is 0. The van der Waals surface area contributed by atoms with Crippen molar-refractivity contribution in [2.45, 2.75) is 0 Å². The fourth-order valence-corrected chi connectivity index (χ4v) is 2.01. The van der Waals surface area contributed by atoms with Gasteiger partial charge in [0.15, 0.2) is 0 Å². The summed E-state index contributed by atoms with van der Waals surface area (Å²) in [6.07, 6.45) is 0. The third-order valence-corrected chi connectivity index (χ3v) is 3.14. The molecule has 0 aliphatic carbocycles. The number of rotatable bonds is 4. The number of thiol groups is 2. The largest absolute Gasteiger partial charge is 1.00 e. The van der Waals surface area contributed by atoms with E-state index >= 15 is 0 Å². The monoisotopic (exact) mass is 328 g/mol. The molecule has 0 rings (SSSR count). The van der Waals surface area contributed by atoms with Crippen molar-refractivity contribution in [3.63, 3.8) is 0 Å². The molecule has 0 N–H and O–H groups in total. The van der Waals surface area contributed by atoms with E-state index in [-0.39, 0.29) is 82.1 Å². The Morgan fingerprint density at radius 3 is 0.938 bits per heavy atom. The van der Waals surface area contributed by atoms with Gasteiger partial charge in [0.1, 0.15) is 0 Å². The molecule has 0 saturated carbocycles. The second kappa shape index (κ2) is 13.9. The summed E-state index contributed by atoms with van der Waals surface area (Å²) in [6, 6.07) is 0. The molecule has 0 aromatic carbocycles. The first-order valence-electron chi connectivity index (χ1n) is 3.21. The van der Waals surface area contributed by atoms with E-state index in [2.05, 4.69) is 25.3 Å². The normalized spacial score (nSPS) is 10.2. The minimum Gasteiger partial charge on any atom is -0.748 e. The van der Waals surface area contributed by atoms with Crippen molar-refractivity contribution in [2.75, 3.05) is 23.0 Å². The van der Waals surface area contributed by atoms with Crippen molar-refractivity contribution in [3.8, 4) is 0 Å². The molecule has 0 spiro atoms. The Bertz CT molecular complexity index is 290. The Balaban J connectivity index is -0.0000000800. The van der Waals surface area contributed by atoms with Gasteiger partial charge in [0.2, 0.25) is 0 Å². The SMILES string of the molecule is O=S(=O)([O-])CCS.O=S(=O)([O-])CCS.[Na+].[Na+]. The maximum atomic E-state index is 9.63. The maximum Gasteiger partial charge on any atom is 1.00 e. The van der Waals surface area contributed by atoms with E-state index in [1.54, 1.807) is 0 Å². The van der Waals surface area contributed by atoms with E-state index in [1.807, 2.05) is 0 Å². The molecule has 0 fully saturated rings. The third kappa shape index (κ3) is 36.0. The van der Waals surface area contributed by atoms with E-state index in [9.17, 15) is 25.9 Å². The fraction of sp³-hybridized carbons (Fsp3) is 1.00. The summed E-state index contributed by atoms with van der Waals surface area (Å²) in [7, 11) is -8.00. The van der Waals surface area contributed by atoms with Gasteiger partial charge >= 0.3 is 59.1 Å². The first-order chi connectivity index (χ1) is 6.12. The Hall–Kier alpha value is 2.52. The molecular weight excluding hydrogens is 318 g/mol. The maximum absolute atomic E-state index is 9.63. The van der Waals surface area contributed by atoms with Crippen LogP contribution in [0.25, 0.3) is 0 Å². The molecule has 6 nitrogen and oxygen atoms in total. The van der Waals surface area contributed by atoms with Gasteiger partial charge in [0, 0.05) is 23.0 Å². The van der Waals surface area contributed by atoms with Crippen molar-refractivity contribution in [1.29, 1.82) is 0 Å². The average Bonchev–Trinajstić information content (AvgIpc) is 1.81. The van der Waals surface area contributed by atoms with Crippen molar-refractivity contribution >= 4 is 45.5 Å². The molecule has 0 radical (unpaired) electrons. The van der Waals surface area contributed by atoms with E-state index < -0.39 is 20.2 Å². The van der Waals surface area contributed by atoms with E-state index in [0.29, 0.717) is 0 Å². The number of hydrogen-bond acceptors (Lipinski definition) is 8. The van der Waals surface area contributed by atoms with Crippen LogP contribution in [-0.2, 0) is 20.2 Å². The molecular formula is C4H10Na2O6S4. The second-order valence-corrected chi connectivity index (χ2v) is 5.91. The van der Waals surface area contributed by atoms with Gasteiger partial charge in [0.05, 0.1) is 20.2 Å². The van der Waals surface area contributed by atoms with Crippen LogP contribution >= 0.6 is 25.3 Å². The summed E-state index contributed by atoms with van der Waals surface area (Å²) in [5.74, 6) is -0.552. The van der Waals surface area contributed by atoms with E-state index in [4.69, 9.17) is 0 Å². The van der Waals surface area contributed by atoms with E-state index in [1.165, 1.54) is 0 Å². The van der Waals surface area contributed by atoms with Crippen LogP contribution in [0.5, 0.6) is 0 Å². The molecule has 88 valence electrons. The topological polar surface area (TPSA) is 114 Å². The molecule has 0 bridgehead atoms. The molecule has 0 amide bonds. The molecule has 0 heterocycles. The molecule has 0 atom stereocenters. The van der Waals surface area contributed by atoms with Crippen LogP contribution in [0.1, 0.15) is 0 Å². The van der Waals surface area contributed by atoms with Crippen LogP contribution in [0.4, 0.5) is 0 Å². The summed E-state index contributed by atoms with van der Waals surface area (Å²) in [6.45, 7) is 0. The molecule has 0 aromatic rings. The van der Waals surface area contributed by atoms with Crippen LogP contribution in [-0.4, -0.2) is 49.0 Å². The zero-order valence-electron chi connectivity index (χ0n) is 8.99. The van der Waals surface area contributed by atoms with Crippen molar-refractivity contribution < 1.29 is 85.1 Å². The van der Waals surface area contributed by atoms with Gasteiger partial charge in [-0.1, -0.05) is 0 Å². The van der Waals surface area contributed by atoms with Gasteiger partial charge in [-0.15, -0.1) is 0 Å². The van der Waals surface area contributed by atoms with Crippen LogP contribution in [0.3, 0.4) is 0 Å². The minimum atomic E-state index is -4.00. The zero-order chi connectivity index (χ0) is 11.8. The van der Waals surface area contributed by atoms with Gasteiger partial charge in [-0.3, -0.25) is 0 Å². The molecule has 0 aliphatic heterocycles. The van der Waals surface area contributed by atoms with Gasteiger partial charge in [0.25, 0.3) is 0 Å². The first-order valence-corrected chi connectivity index (χ1v) is 7.63. The fourth-order valence-electron chi connectivity index (χ4n) is 0.224. The third-order valence-electron chi connectivity index (χ3n) is 0.683. The summed E-state index contributed by atoms with van der Waals surface area (Å²) >= 11 is 7.07. The Morgan fingerprint density at radius 2 is 0.938 bits per heavy atom.